The Kier molecular flexibility index (Phi) is 4.32. The van der Waals surface area contributed by atoms with Gasteiger partial charge in [-0.15, -0.1) is 0 Å². The molecule has 0 bridgehead atoms. The predicted octanol–water partition coefficient (Wildman–Crippen LogP) is 1.01. The van der Waals surface area contributed by atoms with E-state index < -0.39 is 0 Å². The highest BCUT2D eigenvalue weighted by Crippen LogP contribution is 2.04. The third-order valence-corrected chi connectivity index (χ3v) is 1.66. The minimum atomic E-state index is 0.444. The number of nitrogens with zero attached hydrogens (tertiary/aromatic N) is 2. The molecule has 0 saturated carbocycles. The van der Waals surface area contributed by atoms with E-state index in [2.05, 4.69) is 23.8 Å². The third-order valence-electron chi connectivity index (χ3n) is 1.66. The summed E-state index contributed by atoms with van der Waals surface area (Å²) in [4.78, 5) is 8.16. The van der Waals surface area contributed by atoms with E-state index in [-0.39, 0.29) is 0 Å². The average Bonchev–Trinajstić information content (AvgIpc) is 2.17. The number of hydrogen-bond donors (Lipinski definition) is 1. The number of rotatable bonds is 5. The van der Waals surface area contributed by atoms with Crippen LogP contribution in [0.5, 0.6) is 6.01 Å². The van der Waals surface area contributed by atoms with Crippen LogP contribution < -0.4 is 10.5 Å². The minimum Gasteiger partial charge on any atom is -0.463 e. The van der Waals surface area contributed by atoms with E-state index in [4.69, 9.17) is 10.5 Å². The minimum absolute atomic E-state index is 0.444. The van der Waals surface area contributed by atoms with Crippen molar-refractivity contribution in [3.63, 3.8) is 0 Å². The van der Waals surface area contributed by atoms with Gasteiger partial charge in [0.1, 0.15) is 0 Å². The Morgan fingerprint density at radius 2 is 2.00 bits per heavy atom. The van der Waals surface area contributed by atoms with Gasteiger partial charge < -0.3 is 10.5 Å². The van der Waals surface area contributed by atoms with Crippen molar-refractivity contribution < 1.29 is 4.74 Å². The Morgan fingerprint density at radius 1 is 1.36 bits per heavy atom. The van der Waals surface area contributed by atoms with E-state index in [0.717, 1.165) is 12.0 Å². The summed E-state index contributed by atoms with van der Waals surface area (Å²) in [7, 11) is 0. The maximum Gasteiger partial charge on any atom is 0.316 e. The lowest BCUT2D eigenvalue weighted by molar-refractivity contribution is 0.250. The highest BCUT2D eigenvalue weighted by molar-refractivity contribution is 5.07. The van der Waals surface area contributed by atoms with Gasteiger partial charge in [-0.2, -0.15) is 0 Å². The monoisotopic (exact) mass is 195 g/mol. The van der Waals surface area contributed by atoms with Gasteiger partial charge in [-0.3, -0.25) is 0 Å². The smallest absolute Gasteiger partial charge is 0.316 e. The SMILES string of the molecule is CC(C)COc1ncc(CCN)cn1. The van der Waals surface area contributed by atoms with E-state index >= 15 is 0 Å². The number of hydrogen-bond acceptors (Lipinski definition) is 4. The molecule has 1 aromatic rings. The summed E-state index contributed by atoms with van der Waals surface area (Å²) in [6.45, 7) is 5.44. The van der Waals surface area contributed by atoms with Crippen molar-refractivity contribution in [1.82, 2.24) is 9.97 Å². The van der Waals surface area contributed by atoms with Gasteiger partial charge in [0.25, 0.3) is 0 Å². The molecule has 1 rings (SSSR count). The molecule has 0 aliphatic heterocycles. The quantitative estimate of drug-likeness (QED) is 0.761. The second-order valence-corrected chi connectivity index (χ2v) is 3.62. The van der Waals surface area contributed by atoms with Crippen LogP contribution in [0.25, 0.3) is 0 Å². The summed E-state index contributed by atoms with van der Waals surface area (Å²) in [6, 6.07) is 0.444. The van der Waals surface area contributed by atoms with E-state index in [0.29, 0.717) is 25.1 Å². The van der Waals surface area contributed by atoms with Crippen LogP contribution in [0, 0.1) is 5.92 Å². The van der Waals surface area contributed by atoms with Crippen molar-refractivity contribution in [2.75, 3.05) is 13.2 Å². The zero-order valence-electron chi connectivity index (χ0n) is 8.73. The van der Waals surface area contributed by atoms with Gasteiger partial charge in [0.2, 0.25) is 0 Å². The van der Waals surface area contributed by atoms with Crippen LogP contribution in [-0.2, 0) is 6.42 Å². The highest BCUT2D eigenvalue weighted by Gasteiger charge is 1.99. The maximum atomic E-state index is 5.41. The largest absolute Gasteiger partial charge is 0.463 e. The van der Waals surface area contributed by atoms with Crippen molar-refractivity contribution in [2.45, 2.75) is 20.3 Å². The molecule has 0 amide bonds. The van der Waals surface area contributed by atoms with E-state index in [1.807, 2.05) is 0 Å². The Labute approximate surface area is 84.5 Å². The molecule has 0 aliphatic rings. The second kappa shape index (κ2) is 5.54. The van der Waals surface area contributed by atoms with E-state index in [1.165, 1.54) is 0 Å². The molecule has 78 valence electrons. The molecule has 0 radical (unpaired) electrons. The van der Waals surface area contributed by atoms with Gasteiger partial charge in [0.15, 0.2) is 0 Å². The maximum absolute atomic E-state index is 5.41. The molecule has 0 atom stereocenters. The molecule has 0 saturated heterocycles. The number of aromatic nitrogens is 2. The zero-order valence-corrected chi connectivity index (χ0v) is 8.73. The summed E-state index contributed by atoms with van der Waals surface area (Å²) in [5, 5.41) is 0. The lowest BCUT2D eigenvalue weighted by Gasteiger charge is -2.06. The number of nitrogens with two attached hydrogens (primary N) is 1. The molecule has 0 unspecified atom stereocenters. The van der Waals surface area contributed by atoms with Crippen LogP contribution in [0.15, 0.2) is 12.4 Å². The lowest BCUT2D eigenvalue weighted by Crippen LogP contribution is -2.08. The van der Waals surface area contributed by atoms with Gasteiger partial charge in [-0.1, -0.05) is 13.8 Å². The molecular formula is C10H17N3O. The van der Waals surface area contributed by atoms with Gasteiger partial charge in [-0.25, -0.2) is 9.97 Å². The van der Waals surface area contributed by atoms with Crippen molar-refractivity contribution in [1.29, 1.82) is 0 Å². The number of ether oxygens (including phenoxy) is 1. The zero-order chi connectivity index (χ0) is 10.4. The summed E-state index contributed by atoms with van der Waals surface area (Å²) in [6.07, 6.45) is 4.33. The fourth-order valence-electron chi connectivity index (χ4n) is 0.954. The first-order chi connectivity index (χ1) is 6.72. The Hall–Kier alpha value is -1.16. The molecule has 0 aromatic carbocycles. The second-order valence-electron chi connectivity index (χ2n) is 3.62. The summed E-state index contributed by atoms with van der Waals surface area (Å²) >= 11 is 0. The molecule has 4 nitrogen and oxygen atoms in total. The van der Waals surface area contributed by atoms with Crippen molar-refractivity contribution in [3.05, 3.63) is 18.0 Å². The van der Waals surface area contributed by atoms with E-state index in [1.54, 1.807) is 12.4 Å². The van der Waals surface area contributed by atoms with Gasteiger partial charge in [0, 0.05) is 12.4 Å². The standard InChI is InChI=1S/C10H17N3O/c1-8(2)7-14-10-12-5-9(3-4-11)6-13-10/h5-6,8H,3-4,7,11H2,1-2H3. The molecule has 1 heterocycles. The fourth-order valence-corrected chi connectivity index (χ4v) is 0.954. The van der Waals surface area contributed by atoms with Crippen LogP contribution >= 0.6 is 0 Å². The van der Waals surface area contributed by atoms with Crippen molar-refractivity contribution >= 4 is 0 Å². The summed E-state index contributed by atoms with van der Waals surface area (Å²) < 4.78 is 5.35. The van der Waals surface area contributed by atoms with Crippen LogP contribution in [-0.4, -0.2) is 23.1 Å². The highest BCUT2D eigenvalue weighted by atomic mass is 16.5. The average molecular weight is 195 g/mol. The molecule has 1 aromatic heterocycles. The van der Waals surface area contributed by atoms with Crippen molar-refractivity contribution in [3.8, 4) is 6.01 Å². The lowest BCUT2D eigenvalue weighted by atomic mass is 10.2. The van der Waals surface area contributed by atoms with Crippen LogP contribution in [0.2, 0.25) is 0 Å². The molecule has 0 aliphatic carbocycles. The van der Waals surface area contributed by atoms with Gasteiger partial charge in [0.05, 0.1) is 6.61 Å². The Morgan fingerprint density at radius 3 is 2.50 bits per heavy atom. The summed E-state index contributed by atoms with van der Waals surface area (Å²) in [5.41, 5.74) is 6.46. The first kappa shape index (κ1) is 10.9. The third kappa shape index (κ3) is 3.70. The van der Waals surface area contributed by atoms with Gasteiger partial charge in [-0.05, 0) is 24.4 Å². The normalized spacial score (nSPS) is 10.6. The van der Waals surface area contributed by atoms with E-state index in [9.17, 15) is 0 Å². The van der Waals surface area contributed by atoms with Crippen molar-refractivity contribution in [2.24, 2.45) is 11.7 Å². The van der Waals surface area contributed by atoms with Crippen LogP contribution in [0.3, 0.4) is 0 Å². The Bertz CT molecular complexity index is 259. The predicted molar refractivity (Wildman–Crippen MR) is 55.1 cm³/mol. The first-order valence-corrected chi connectivity index (χ1v) is 4.86. The van der Waals surface area contributed by atoms with Crippen LogP contribution in [0.1, 0.15) is 19.4 Å². The fraction of sp³-hybridized carbons (Fsp3) is 0.600. The molecule has 14 heavy (non-hydrogen) atoms. The van der Waals surface area contributed by atoms with Gasteiger partial charge >= 0.3 is 6.01 Å². The molecule has 2 N–H and O–H groups in total. The molecule has 0 fully saturated rings. The summed E-state index contributed by atoms with van der Waals surface area (Å²) in [5.74, 6) is 0.488. The van der Waals surface area contributed by atoms with Crippen LogP contribution in [0.4, 0.5) is 0 Å². The first-order valence-electron chi connectivity index (χ1n) is 4.86. The molecular weight excluding hydrogens is 178 g/mol. The molecule has 4 heteroatoms. The Balaban J connectivity index is 2.46. The topological polar surface area (TPSA) is 61.0 Å². The molecule has 0 spiro atoms.